The fourth-order valence-corrected chi connectivity index (χ4v) is 2.45. The second-order valence-corrected chi connectivity index (χ2v) is 5.29. The third kappa shape index (κ3) is 3.39. The van der Waals surface area contributed by atoms with E-state index in [-0.39, 0.29) is 18.4 Å². The third-order valence-corrected chi connectivity index (χ3v) is 3.61. The summed E-state index contributed by atoms with van der Waals surface area (Å²) < 4.78 is 0. The molecule has 6 heteroatoms. The van der Waals surface area contributed by atoms with Gasteiger partial charge in [0, 0.05) is 31.3 Å². The number of hydrogen-bond acceptors (Lipinski definition) is 3. The van der Waals surface area contributed by atoms with Crippen molar-refractivity contribution in [2.24, 2.45) is 5.92 Å². The number of likely N-dealkylation sites (tertiary alicyclic amines) is 1. The molecule has 6 nitrogen and oxygen atoms in total. The second kappa shape index (κ2) is 5.95. The molecule has 0 bridgehead atoms. The summed E-state index contributed by atoms with van der Waals surface area (Å²) in [7, 11) is 0. The van der Waals surface area contributed by atoms with Gasteiger partial charge in [-0.15, -0.1) is 0 Å². The van der Waals surface area contributed by atoms with Gasteiger partial charge in [0.05, 0.1) is 5.92 Å². The van der Waals surface area contributed by atoms with Gasteiger partial charge >= 0.3 is 5.97 Å². The number of hydrogen-bond donors (Lipinski definition) is 2. The van der Waals surface area contributed by atoms with Crippen LogP contribution < -0.4 is 5.32 Å². The summed E-state index contributed by atoms with van der Waals surface area (Å²) in [6, 6.07) is 5.13. The van der Waals surface area contributed by atoms with E-state index in [2.05, 4.69) is 5.32 Å². The summed E-state index contributed by atoms with van der Waals surface area (Å²) in [5.74, 6) is -1.75. The van der Waals surface area contributed by atoms with E-state index >= 15 is 0 Å². The lowest BCUT2D eigenvalue weighted by Gasteiger charge is -2.18. The van der Waals surface area contributed by atoms with Gasteiger partial charge in [-0.3, -0.25) is 14.4 Å². The third-order valence-electron chi connectivity index (χ3n) is 3.61. The van der Waals surface area contributed by atoms with E-state index < -0.39 is 11.9 Å². The lowest BCUT2D eigenvalue weighted by atomic mass is 10.1. The van der Waals surface area contributed by atoms with Crippen molar-refractivity contribution in [2.75, 3.05) is 18.4 Å². The van der Waals surface area contributed by atoms with Crippen molar-refractivity contribution in [2.45, 2.75) is 20.3 Å². The molecule has 1 aromatic rings. The van der Waals surface area contributed by atoms with Crippen LogP contribution in [-0.4, -0.2) is 40.9 Å². The molecule has 0 aromatic heterocycles. The number of rotatable bonds is 3. The highest BCUT2D eigenvalue weighted by molar-refractivity contribution is 5.98. The van der Waals surface area contributed by atoms with Crippen LogP contribution in [0.25, 0.3) is 0 Å². The first-order chi connectivity index (χ1) is 9.88. The van der Waals surface area contributed by atoms with Gasteiger partial charge in [0.15, 0.2) is 0 Å². The standard InChI is InChI=1S/C15H18N2O4/c1-9-3-4-12(16-10(2)18)7-13(9)14(19)17-6-5-11(8-17)15(20)21/h3-4,7,11H,5-6,8H2,1-2H3,(H,16,18)(H,20,21). The van der Waals surface area contributed by atoms with Gasteiger partial charge in [0.1, 0.15) is 0 Å². The zero-order valence-corrected chi connectivity index (χ0v) is 12.0. The van der Waals surface area contributed by atoms with E-state index in [0.717, 1.165) is 5.56 Å². The number of benzene rings is 1. The monoisotopic (exact) mass is 290 g/mol. The van der Waals surface area contributed by atoms with Crippen molar-refractivity contribution < 1.29 is 19.5 Å². The molecule has 1 saturated heterocycles. The zero-order valence-electron chi connectivity index (χ0n) is 12.0. The lowest BCUT2D eigenvalue weighted by Crippen LogP contribution is -2.30. The number of aliphatic carboxylic acids is 1. The zero-order chi connectivity index (χ0) is 15.6. The summed E-state index contributed by atoms with van der Waals surface area (Å²) >= 11 is 0. The molecule has 2 N–H and O–H groups in total. The smallest absolute Gasteiger partial charge is 0.308 e. The molecule has 21 heavy (non-hydrogen) atoms. The van der Waals surface area contributed by atoms with E-state index in [4.69, 9.17) is 5.11 Å². The molecule has 0 spiro atoms. The highest BCUT2D eigenvalue weighted by Gasteiger charge is 2.31. The summed E-state index contributed by atoms with van der Waals surface area (Å²) in [6.45, 7) is 3.90. The Balaban J connectivity index is 2.19. The molecule has 0 saturated carbocycles. The largest absolute Gasteiger partial charge is 0.481 e. The molecule has 1 fully saturated rings. The SMILES string of the molecule is CC(=O)Nc1ccc(C)c(C(=O)N2CCC(C(=O)O)C2)c1. The maximum absolute atomic E-state index is 12.5. The Hall–Kier alpha value is -2.37. The van der Waals surface area contributed by atoms with Crippen molar-refractivity contribution in [1.82, 2.24) is 4.90 Å². The Morgan fingerprint density at radius 1 is 1.33 bits per heavy atom. The number of carbonyl (C=O) groups is 3. The first-order valence-corrected chi connectivity index (χ1v) is 6.79. The molecule has 1 aliphatic heterocycles. The minimum atomic E-state index is -0.867. The first-order valence-electron chi connectivity index (χ1n) is 6.79. The Labute approximate surface area is 122 Å². The van der Waals surface area contributed by atoms with Crippen LogP contribution in [0.5, 0.6) is 0 Å². The Kier molecular flexibility index (Phi) is 4.26. The maximum atomic E-state index is 12.5. The lowest BCUT2D eigenvalue weighted by molar-refractivity contribution is -0.141. The van der Waals surface area contributed by atoms with Gasteiger partial charge in [-0.05, 0) is 31.0 Å². The summed E-state index contributed by atoms with van der Waals surface area (Å²) in [4.78, 5) is 36.1. The minimum absolute atomic E-state index is 0.191. The van der Waals surface area contributed by atoms with E-state index in [1.165, 1.54) is 6.92 Å². The van der Waals surface area contributed by atoms with Gasteiger partial charge in [-0.2, -0.15) is 0 Å². The molecule has 2 amide bonds. The average molecular weight is 290 g/mol. The topological polar surface area (TPSA) is 86.7 Å². The number of carbonyl (C=O) groups excluding carboxylic acids is 2. The number of nitrogens with zero attached hydrogens (tertiary/aromatic N) is 1. The predicted molar refractivity (Wildman–Crippen MR) is 77.1 cm³/mol. The second-order valence-electron chi connectivity index (χ2n) is 5.29. The van der Waals surface area contributed by atoms with Crippen molar-refractivity contribution >= 4 is 23.5 Å². The van der Waals surface area contributed by atoms with Crippen LogP contribution in [0.2, 0.25) is 0 Å². The van der Waals surface area contributed by atoms with E-state index in [1.807, 2.05) is 6.92 Å². The normalized spacial score (nSPS) is 17.6. The molecule has 0 aliphatic carbocycles. The number of carboxylic acids is 1. The predicted octanol–water partition coefficient (Wildman–Crippen LogP) is 1.50. The van der Waals surface area contributed by atoms with E-state index in [9.17, 15) is 14.4 Å². The molecular weight excluding hydrogens is 272 g/mol. The number of nitrogens with one attached hydrogen (secondary N) is 1. The van der Waals surface area contributed by atoms with Crippen LogP contribution >= 0.6 is 0 Å². The first kappa shape index (κ1) is 15.0. The maximum Gasteiger partial charge on any atom is 0.308 e. The Morgan fingerprint density at radius 2 is 2.05 bits per heavy atom. The van der Waals surface area contributed by atoms with Crippen molar-refractivity contribution in [3.05, 3.63) is 29.3 Å². The minimum Gasteiger partial charge on any atom is -0.481 e. The highest BCUT2D eigenvalue weighted by atomic mass is 16.4. The molecule has 112 valence electrons. The molecule has 1 aliphatic rings. The highest BCUT2D eigenvalue weighted by Crippen LogP contribution is 2.22. The molecule has 1 atom stereocenters. The van der Waals surface area contributed by atoms with Crippen LogP contribution in [0.4, 0.5) is 5.69 Å². The fourth-order valence-electron chi connectivity index (χ4n) is 2.45. The average Bonchev–Trinajstić information content (AvgIpc) is 2.89. The van der Waals surface area contributed by atoms with Gasteiger partial charge in [0.25, 0.3) is 5.91 Å². The molecule has 2 rings (SSSR count). The van der Waals surface area contributed by atoms with Crippen molar-refractivity contribution in [1.29, 1.82) is 0 Å². The van der Waals surface area contributed by atoms with Crippen LogP contribution in [0.3, 0.4) is 0 Å². The number of anilines is 1. The van der Waals surface area contributed by atoms with Gasteiger partial charge in [-0.1, -0.05) is 6.07 Å². The Morgan fingerprint density at radius 3 is 2.62 bits per heavy atom. The number of amides is 2. The van der Waals surface area contributed by atoms with Gasteiger partial charge in [-0.25, -0.2) is 0 Å². The molecule has 1 unspecified atom stereocenters. The van der Waals surface area contributed by atoms with Gasteiger partial charge < -0.3 is 15.3 Å². The van der Waals surface area contributed by atoms with E-state index in [0.29, 0.717) is 24.2 Å². The molecule has 1 aromatic carbocycles. The Bertz CT molecular complexity index is 597. The van der Waals surface area contributed by atoms with Crippen LogP contribution in [0.1, 0.15) is 29.3 Å². The molecular formula is C15H18N2O4. The van der Waals surface area contributed by atoms with Crippen LogP contribution in [0, 0.1) is 12.8 Å². The van der Waals surface area contributed by atoms with Gasteiger partial charge in [0.2, 0.25) is 5.91 Å². The molecule has 1 heterocycles. The van der Waals surface area contributed by atoms with Crippen molar-refractivity contribution in [3.63, 3.8) is 0 Å². The van der Waals surface area contributed by atoms with Crippen LogP contribution in [0.15, 0.2) is 18.2 Å². The summed E-state index contributed by atoms with van der Waals surface area (Å²) in [5, 5.41) is 11.6. The van der Waals surface area contributed by atoms with E-state index in [1.54, 1.807) is 23.1 Å². The summed E-state index contributed by atoms with van der Waals surface area (Å²) in [6.07, 6.45) is 0.478. The van der Waals surface area contributed by atoms with Crippen molar-refractivity contribution in [3.8, 4) is 0 Å². The fraction of sp³-hybridized carbons (Fsp3) is 0.400. The molecule has 0 radical (unpaired) electrons. The summed E-state index contributed by atoms with van der Waals surface area (Å²) in [5.41, 5.74) is 1.85. The number of aryl methyl sites for hydroxylation is 1. The van der Waals surface area contributed by atoms with Crippen LogP contribution in [-0.2, 0) is 9.59 Å². The quantitative estimate of drug-likeness (QED) is 0.883. The number of carboxylic acid groups (broad SMARTS) is 1.